The number of carbonyl (C=O) groups is 1. The van der Waals surface area contributed by atoms with Crippen molar-refractivity contribution in [2.24, 2.45) is 0 Å². The van der Waals surface area contributed by atoms with Gasteiger partial charge in [-0.1, -0.05) is 18.2 Å². The molecule has 6 nitrogen and oxygen atoms in total. The number of halogens is 2. The molecule has 1 aliphatic heterocycles. The predicted octanol–water partition coefficient (Wildman–Crippen LogP) is 4.11. The van der Waals surface area contributed by atoms with Crippen molar-refractivity contribution in [3.63, 3.8) is 0 Å². The highest BCUT2D eigenvalue weighted by molar-refractivity contribution is 6.03. The summed E-state index contributed by atoms with van der Waals surface area (Å²) in [6.07, 6.45) is 1.40. The van der Waals surface area contributed by atoms with Crippen molar-refractivity contribution in [3.05, 3.63) is 71.1 Å². The first-order valence-corrected chi connectivity index (χ1v) is 9.32. The van der Waals surface area contributed by atoms with Gasteiger partial charge in [0, 0.05) is 12.3 Å². The Hall–Kier alpha value is -3.29. The van der Waals surface area contributed by atoms with Gasteiger partial charge in [-0.2, -0.15) is 4.98 Å². The number of rotatable bonds is 4. The Morgan fingerprint density at radius 3 is 2.72 bits per heavy atom. The molecule has 29 heavy (non-hydrogen) atoms. The lowest BCUT2D eigenvalue weighted by molar-refractivity contribution is 0.102. The van der Waals surface area contributed by atoms with E-state index in [0.29, 0.717) is 6.42 Å². The molecule has 1 N–H and O–H groups in total. The number of fused-ring (bicyclic) bond motifs is 1. The van der Waals surface area contributed by atoms with Gasteiger partial charge >= 0.3 is 0 Å². The van der Waals surface area contributed by atoms with E-state index in [2.05, 4.69) is 15.4 Å². The van der Waals surface area contributed by atoms with E-state index in [0.717, 1.165) is 17.8 Å². The molecule has 2 aromatic carbocycles. The van der Waals surface area contributed by atoms with Crippen molar-refractivity contribution in [2.75, 3.05) is 12.4 Å². The maximum absolute atomic E-state index is 14.1. The Bertz CT molecular complexity index is 1070. The largest absolute Gasteiger partial charge is 0.494 e. The van der Waals surface area contributed by atoms with Crippen molar-refractivity contribution in [1.29, 1.82) is 0 Å². The molecule has 0 fully saturated rings. The number of hydrogen-bond donors (Lipinski definition) is 1. The molecule has 4 rings (SSSR count). The fourth-order valence-electron chi connectivity index (χ4n) is 3.77. The minimum atomic E-state index is -0.607. The molecule has 0 saturated heterocycles. The summed E-state index contributed by atoms with van der Waals surface area (Å²) in [6, 6.07) is 10.6. The van der Waals surface area contributed by atoms with Crippen LogP contribution in [0, 0.1) is 11.6 Å². The van der Waals surface area contributed by atoms with Crippen molar-refractivity contribution in [3.8, 4) is 5.75 Å². The third kappa shape index (κ3) is 3.57. The first-order chi connectivity index (χ1) is 14.0. The van der Waals surface area contributed by atoms with Crippen LogP contribution in [-0.4, -0.2) is 27.8 Å². The first kappa shape index (κ1) is 19.0. The van der Waals surface area contributed by atoms with Gasteiger partial charge in [0.15, 0.2) is 11.6 Å². The van der Waals surface area contributed by atoms with Gasteiger partial charge in [-0.3, -0.25) is 10.1 Å². The Morgan fingerprint density at radius 1 is 1.21 bits per heavy atom. The molecule has 1 aromatic heterocycles. The average Bonchev–Trinajstić information content (AvgIpc) is 3.12. The van der Waals surface area contributed by atoms with E-state index >= 15 is 0 Å². The van der Waals surface area contributed by atoms with Crippen molar-refractivity contribution < 1.29 is 18.3 Å². The zero-order valence-electron chi connectivity index (χ0n) is 16.0. The Kier molecular flexibility index (Phi) is 5.00. The van der Waals surface area contributed by atoms with Crippen LogP contribution in [0.4, 0.5) is 14.7 Å². The van der Waals surface area contributed by atoms with Crippen LogP contribution in [0.1, 0.15) is 47.1 Å². The van der Waals surface area contributed by atoms with E-state index in [9.17, 15) is 13.6 Å². The fraction of sp³-hybridized carbons (Fsp3) is 0.286. The third-order valence-corrected chi connectivity index (χ3v) is 5.30. The second-order valence-electron chi connectivity index (χ2n) is 7.01. The van der Waals surface area contributed by atoms with E-state index in [1.54, 1.807) is 16.8 Å². The smallest absolute Gasteiger partial charge is 0.261 e. The van der Waals surface area contributed by atoms with Crippen molar-refractivity contribution in [2.45, 2.75) is 31.7 Å². The molecule has 0 aliphatic carbocycles. The first-order valence-electron chi connectivity index (χ1n) is 9.32. The van der Waals surface area contributed by atoms with Gasteiger partial charge in [-0.25, -0.2) is 13.5 Å². The van der Waals surface area contributed by atoms with Crippen LogP contribution in [0.25, 0.3) is 0 Å². The highest BCUT2D eigenvalue weighted by Gasteiger charge is 2.30. The Balaban J connectivity index is 1.55. The van der Waals surface area contributed by atoms with Crippen molar-refractivity contribution in [1.82, 2.24) is 14.8 Å². The van der Waals surface area contributed by atoms with E-state index in [4.69, 9.17) is 4.74 Å². The number of benzene rings is 2. The molecule has 0 spiro atoms. The molecule has 2 heterocycles. The maximum Gasteiger partial charge on any atom is 0.261 e. The quantitative estimate of drug-likeness (QED) is 0.718. The summed E-state index contributed by atoms with van der Waals surface area (Å²) in [7, 11) is 1.43. The molecular weight excluding hydrogens is 378 g/mol. The lowest BCUT2D eigenvalue weighted by atomic mass is 9.86. The monoisotopic (exact) mass is 398 g/mol. The Labute approximate surface area is 166 Å². The van der Waals surface area contributed by atoms with Crippen LogP contribution < -0.4 is 10.1 Å². The molecule has 2 unspecified atom stereocenters. The number of hydrogen-bond acceptors (Lipinski definition) is 4. The lowest BCUT2D eigenvalue weighted by Gasteiger charge is -2.29. The van der Waals surface area contributed by atoms with E-state index in [1.165, 1.54) is 31.4 Å². The molecule has 0 radical (unpaired) electrons. The zero-order chi connectivity index (χ0) is 20.5. The summed E-state index contributed by atoms with van der Waals surface area (Å²) in [5.41, 5.74) is 0.786. The summed E-state index contributed by atoms with van der Waals surface area (Å²) in [6.45, 7) is 1.98. The van der Waals surface area contributed by atoms with Crippen LogP contribution >= 0.6 is 0 Å². The second-order valence-corrected chi connectivity index (χ2v) is 7.01. The highest BCUT2D eigenvalue weighted by Crippen LogP contribution is 2.38. The molecule has 150 valence electrons. The molecule has 0 saturated carbocycles. The summed E-state index contributed by atoms with van der Waals surface area (Å²) in [5, 5.41) is 6.95. The van der Waals surface area contributed by atoms with Gasteiger partial charge in [-0.05, 0) is 43.2 Å². The van der Waals surface area contributed by atoms with E-state index < -0.39 is 17.5 Å². The summed E-state index contributed by atoms with van der Waals surface area (Å²) in [4.78, 5) is 16.7. The second kappa shape index (κ2) is 7.62. The van der Waals surface area contributed by atoms with Crippen LogP contribution in [0.2, 0.25) is 0 Å². The van der Waals surface area contributed by atoms with E-state index in [-0.39, 0.29) is 29.2 Å². The number of methoxy groups -OCH3 is 1. The number of nitrogens with one attached hydrogen (secondary N) is 1. The number of nitrogens with zero attached hydrogens (tertiary/aromatic N) is 3. The number of anilines is 1. The third-order valence-electron chi connectivity index (χ3n) is 5.30. The fourth-order valence-corrected chi connectivity index (χ4v) is 3.77. The molecule has 2 atom stereocenters. The molecule has 0 bridgehead atoms. The number of amides is 1. The summed E-state index contributed by atoms with van der Waals surface area (Å²) in [5.74, 6) is -0.513. The molecular formula is C21H20F2N4O2. The summed E-state index contributed by atoms with van der Waals surface area (Å²) < 4.78 is 34.7. The maximum atomic E-state index is 14.1. The lowest BCUT2D eigenvalue weighted by Crippen LogP contribution is -2.24. The SMILES string of the molecule is COc1ccc(C2CCc3nc(NC(=O)c4ccccc4F)nn3C2C)cc1F. The molecule has 8 heteroatoms. The normalized spacial score (nSPS) is 18.2. The van der Waals surface area contributed by atoms with Gasteiger partial charge in [-0.15, -0.1) is 5.10 Å². The van der Waals surface area contributed by atoms with Crippen molar-refractivity contribution >= 4 is 11.9 Å². The number of aromatic nitrogens is 3. The topological polar surface area (TPSA) is 69.0 Å². The minimum Gasteiger partial charge on any atom is -0.494 e. The van der Waals surface area contributed by atoms with Gasteiger partial charge in [0.05, 0.1) is 18.7 Å². The van der Waals surface area contributed by atoms with Crippen LogP contribution in [-0.2, 0) is 6.42 Å². The zero-order valence-corrected chi connectivity index (χ0v) is 16.0. The van der Waals surface area contributed by atoms with Gasteiger partial charge < -0.3 is 4.74 Å². The number of ether oxygens (including phenoxy) is 1. The Morgan fingerprint density at radius 2 is 2.00 bits per heavy atom. The van der Waals surface area contributed by atoms with Crippen LogP contribution in [0.3, 0.4) is 0 Å². The highest BCUT2D eigenvalue weighted by atomic mass is 19.1. The van der Waals surface area contributed by atoms with Gasteiger partial charge in [0.2, 0.25) is 5.95 Å². The van der Waals surface area contributed by atoms with E-state index in [1.807, 2.05) is 13.0 Å². The van der Waals surface area contributed by atoms with Crippen LogP contribution in [0.5, 0.6) is 5.75 Å². The number of aryl methyl sites for hydroxylation is 1. The minimum absolute atomic E-state index is 0.0414. The standard InChI is InChI=1S/C21H20F2N4O2/c1-12-14(13-7-9-18(29-2)17(23)11-13)8-10-19-24-21(26-27(12)19)25-20(28)15-5-3-4-6-16(15)22/h3-7,9,11-12,14H,8,10H2,1-2H3,(H,25,26,28). The predicted molar refractivity (Wildman–Crippen MR) is 103 cm³/mol. The molecule has 3 aromatic rings. The molecule has 1 aliphatic rings. The van der Waals surface area contributed by atoms with Gasteiger partial charge in [0.25, 0.3) is 5.91 Å². The number of carbonyl (C=O) groups excluding carboxylic acids is 1. The summed E-state index contributed by atoms with van der Waals surface area (Å²) >= 11 is 0. The molecule has 1 amide bonds. The van der Waals surface area contributed by atoms with Gasteiger partial charge in [0.1, 0.15) is 11.6 Å². The van der Waals surface area contributed by atoms with Crippen LogP contribution in [0.15, 0.2) is 42.5 Å². The average molecular weight is 398 g/mol.